The molecule has 6 nitrogen and oxygen atoms in total. The van der Waals surface area contributed by atoms with Gasteiger partial charge in [-0.05, 0) is 36.4 Å². The summed E-state index contributed by atoms with van der Waals surface area (Å²) in [7, 11) is 0. The van der Waals surface area contributed by atoms with E-state index >= 15 is 0 Å². The molecule has 2 aromatic rings. The molecule has 0 bridgehead atoms. The van der Waals surface area contributed by atoms with E-state index < -0.39 is 5.97 Å². The van der Waals surface area contributed by atoms with E-state index in [1.807, 2.05) is 6.07 Å². The summed E-state index contributed by atoms with van der Waals surface area (Å²) in [6.07, 6.45) is 0. The number of hydrogen-bond acceptors (Lipinski definition) is 4. The average molecular weight is 375 g/mol. The van der Waals surface area contributed by atoms with Gasteiger partial charge >= 0.3 is 5.97 Å². The Bertz CT molecular complexity index is 804. The van der Waals surface area contributed by atoms with Gasteiger partial charge in [-0.15, -0.1) is 0 Å². The Labute approximate surface area is 156 Å². The number of ether oxygens (including phenoxy) is 1. The van der Waals surface area contributed by atoms with Crippen molar-refractivity contribution in [3.05, 3.63) is 59.1 Å². The van der Waals surface area contributed by atoms with Gasteiger partial charge in [-0.2, -0.15) is 0 Å². The fourth-order valence-electron chi connectivity index (χ4n) is 2.84. The molecule has 0 atom stereocenters. The quantitative estimate of drug-likeness (QED) is 0.871. The number of carbonyl (C=O) groups is 2. The van der Waals surface area contributed by atoms with Gasteiger partial charge in [0.1, 0.15) is 5.75 Å². The Balaban J connectivity index is 1.52. The Morgan fingerprint density at radius 1 is 1.04 bits per heavy atom. The molecule has 136 valence electrons. The van der Waals surface area contributed by atoms with Crippen molar-refractivity contribution in [2.75, 3.05) is 37.7 Å². The van der Waals surface area contributed by atoms with Crippen LogP contribution in [0.25, 0.3) is 0 Å². The standard InChI is InChI=1S/C19H19ClN2O4/c20-15-4-2-6-17(12-15)26-13-18(23)22-9-7-21(8-10-22)16-5-1-3-14(11-16)19(24)25/h1-6,11-12H,7-10,13H2,(H,24,25). The molecule has 0 aromatic heterocycles. The van der Waals surface area contributed by atoms with Crippen LogP contribution in [0, 0.1) is 0 Å². The molecule has 2 aromatic carbocycles. The largest absolute Gasteiger partial charge is 0.484 e. The third-order valence-corrected chi connectivity index (χ3v) is 4.48. The molecule has 26 heavy (non-hydrogen) atoms. The Kier molecular flexibility index (Phi) is 5.63. The van der Waals surface area contributed by atoms with E-state index in [9.17, 15) is 9.59 Å². The molecular weight excluding hydrogens is 356 g/mol. The Morgan fingerprint density at radius 2 is 1.77 bits per heavy atom. The summed E-state index contributed by atoms with van der Waals surface area (Å²) in [5, 5.41) is 9.66. The minimum atomic E-state index is -0.946. The van der Waals surface area contributed by atoms with Gasteiger partial charge in [-0.3, -0.25) is 4.79 Å². The van der Waals surface area contributed by atoms with Crippen molar-refractivity contribution < 1.29 is 19.4 Å². The minimum Gasteiger partial charge on any atom is -0.484 e. The number of amides is 1. The number of aromatic carboxylic acids is 1. The lowest BCUT2D eigenvalue weighted by molar-refractivity contribution is -0.133. The first-order valence-electron chi connectivity index (χ1n) is 8.27. The van der Waals surface area contributed by atoms with E-state index in [1.54, 1.807) is 47.4 Å². The molecule has 1 amide bonds. The van der Waals surface area contributed by atoms with E-state index in [0.29, 0.717) is 37.0 Å². The summed E-state index contributed by atoms with van der Waals surface area (Å²) in [5.74, 6) is -0.460. The Hall–Kier alpha value is -2.73. The number of hydrogen-bond donors (Lipinski definition) is 1. The molecule has 1 aliphatic rings. The first kappa shape index (κ1) is 18.1. The number of piperazine rings is 1. The average Bonchev–Trinajstić information content (AvgIpc) is 2.66. The van der Waals surface area contributed by atoms with Gasteiger partial charge in [-0.25, -0.2) is 4.79 Å². The molecule has 1 N–H and O–H groups in total. The van der Waals surface area contributed by atoms with Crippen molar-refractivity contribution in [2.24, 2.45) is 0 Å². The zero-order valence-corrected chi connectivity index (χ0v) is 14.9. The highest BCUT2D eigenvalue weighted by atomic mass is 35.5. The molecule has 1 saturated heterocycles. The van der Waals surface area contributed by atoms with Crippen LogP contribution in [-0.2, 0) is 4.79 Å². The third-order valence-electron chi connectivity index (χ3n) is 4.25. The molecule has 3 rings (SSSR count). The highest BCUT2D eigenvalue weighted by Gasteiger charge is 2.22. The van der Waals surface area contributed by atoms with Crippen molar-refractivity contribution in [1.29, 1.82) is 0 Å². The van der Waals surface area contributed by atoms with E-state index in [0.717, 1.165) is 5.69 Å². The van der Waals surface area contributed by atoms with E-state index in [2.05, 4.69) is 4.90 Å². The second-order valence-corrected chi connectivity index (χ2v) is 6.41. The van der Waals surface area contributed by atoms with Gasteiger partial charge in [0.15, 0.2) is 6.61 Å². The molecule has 0 saturated carbocycles. The van der Waals surface area contributed by atoms with Crippen LogP contribution >= 0.6 is 11.6 Å². The van der Waals surface area contributed by atoms with Crippen LogP contribution in [0.4, 0.5) is 5.69 Å². The maximum Gasteiger partial charge on any atom is 0.335 e. The fourth-order valence-corrected chi connectivity index (χ4v) is 3.02. The van der Waals surface area contributed by atoms with Crippen LogP contribution < -0.4 is 9.64 Å². The van der Waals surface area contributed by atoms with Crippen LogP contribution in [-0.4, -0.2) is 54.7 Å². The third kappa shape index (κ3) is 4.46. The predicted molar refractivity (Wildman–Crippen MR) is 99.1 cm³/mol. The van der Waals surface area contributed by atoms with Crippen LogP contribution in [0.1, 0.15) is 10.4 Å². The van der Waals surface area contributed by atoms with E-state index in [1.165, 1.54) is 0 Å². The van der Waals surface area contributed by atoms with Gasteiger partial charge < -0.3 is 19.6 Å². The van der Waals surface area contributed by atoms with Crippen LogP contribution in [0.3, 0.4) is 0 Å². The van der Waals surface area contributed by atoms with Gasteiger partial charge in [0.2, 0.25) is 0 Å². The van der Waals surface area contributed by atoms with Gasteiger partial charge in [0, 0.05) is 36.9 Å². The molecule has 0 spiro atoms. The summed E-state index contributed by atoms with van der Waals surface area (Å²) in [5.41, 5.74) is 1.11. The smallest absolute Gasteiger partial charge is 0.335 e. The van der Waals surface area contributed by atoms with Crippen molar-refractivity contribution in [1.82, 2.24) is 4.90 Å². The number of anilines is 1. The molecular formula is C19H19ClN2O4. The summed E-state index contributed by atoms with van der Waals surface area (Å²) < 4.78 is 5.50. The van der Waals surface area contributed by atoms with Gasteiger partial charge in [0.05, 0.1) is 5.56 Å². The van der Waals surface area contributed by atoms with Crippen LogP contribution in [0.2, 0.25) is 5.02 Å². The predicted octanol–water partition coefficient (Wildman–Crippen LogP) is 2.77. The maximum atomic E-state index is 12.3. The molecule has 1 heterocycles. The summed E-state index contributed by atoms with van der Waals surface area (Å²) in [4.78, 5) is 27.2. The number of carboxylic acids is 1. The number of carbonyl (C=O) groups excluding carboxylic acids is 1. The van der Waals surface area contributed by atoms with Crippen molar-refractivity contribution in [2.45, 2.75) is 0 Å². The lowest BCUT2D eigenvalue weighted by Gasteiger charge is -2.36. The first-order valence-corrected chi connectivity index (χ1v) is 8.65. The number of rotatable bonds is 5. The summed E-state index contributed by atoms with van der Waals surface area (Å²) in [6, 6.07) is 13.8. The second-order valence-electron chi connectivity index (χ2n) is 5.97. The number of halogens is 1. The molecule has 0 aliphatic carbocycles. The number of benzene rings is 2. The van der Waals surface area contributed by atoms with Crippen molar-refractivity contribution in [3.8, 4) is 5.75 Å². The highest BCUT2D eigenvalue weighted by molar-refractivity contribution is 6.30. The topological polar surface area (TPSA) is 70.1 Å². The summed E-state index contributed by atoms with van der Waals surface area (Å²) in [6.45, 7) is 2.39. The lowest BCUT2D eigenvalue weighted by Crippen LogP contribution is -2.50. The van der Waals surface area contributed by atoms with Gasteiger partial charge in [0.25, 0.3) is 5.91 Å². The zero-order chi connectivity index (χ0) is 18.5. The van der Waals surface area contributed by atoms with Crippen LogP contribution in [0.15, 0.2) is 48.5 Å². The first-order chi connectivity index (χ1) is 12.5. The lowest BCUT2D eigenvalue weighted by atomic mass is 10.1. The normalized spacial score (nSPS) is 14.2. The molecule has 1 aliphatic heterocycles. The number of carboxylic acid groups (broad SMARTS) is 1. The molecule has 7 heteroatoms. The summed E-state index contributed by atoms with van der Waals surface area (Å²) >= 11 is 5.90. The fraction of sp³-hybridized carbons (Fsp3) is 0.263. The second kappa shape index (κ2) is 8.10. The molecule has 0 radical (unpaired) electrons. The highest BCUT2D eigenvalue weighted by Crippen LogP contribution is 2.19. The van der Waals surface area contributed by atoms with Crippen molar-refractivity contribution >= 4 is 29.2 Å². The van der Waals surface area contributed by atoms with Crippen molar-refractivity contribution in [3.63, 3.8) is 0 Å². The van der Waals surface area contributed by atoms with E-state index in [-0.39, 0.29) is 18.1 Å². The Morgan fingerprint density at radius 3 is 2.46 bits per heavy atom. The maximum absolute atomic E-state index is 12.3. The molecule has 0 unspecified atom stereocenters. The monoisotopic (exact) mass is 374 g/mol. The van der Waals surface area contributed by atoms with Crippen LogP contribution in [0.5, 0.6) is 5.75 Å². The SMILES string of the molecule is O=C(O)c1cccc(N2CCN(C(=O)COc3cccc(Cl)c3)CC2)c1. The zero-order valence-electron chi connectivity index (χ0n) is 14.1. The number of nitrogens with zero attached hydrogens (tertiary/aromatic N) is 2. The minimum absolute atomic E-state index is 0.0329. The van der Waals surface area contributed by atoms with Gasteiger partial charge in [-0.1, -0.05) is 23.7 Å². The van der Waals surface area contributed by atoms with E-state index in [4.69, 9.17) is 21.4 Å². The molecule has 1 fully saturated rings.